The van der Waals surface area contributed by atoms with Crippen molar-refractivity contribution >= 4 is 6.09 Å². The smallest absolute Gasteiger partial charge is 0.407 e. The Morgan fingerprint density at radius 2 is 1.73 bits per heavy atom. The molecule has 0 aliphatic heterocycles. The summed E-state index contributed by atoms with van der Waals surface area (Å²) in [4.78, 5) is 12.8. The maximum atomic E-state index is 11.2. The Kier molecular flexibility index (Phi) is 3.60. The molecule has 1 saturated carbocycles. The van der Waals surface area contributed by atoms with Crippen molar-refractivity contribution < 1.29 is 9.90 Å². The molecule has 3 N–H and O–H groups in total. The summed E-state index contributed by atoms with van der Waals surface area (Å²) in [5.74, 6) is 0. The minimum atomic E-state index is -0.817. The van der Waals surface area contributed by atoms with Crippen LogP contribution in [-0.2, 0) is 0 Å². The number of hydrogen-bond acceptors (Lipinski definition) is 2. The van der Waals surface area contributed by atoms with E-state index < -0.39 is 6.09 Å². The highest BCUT2D eigenvalue weighted by molar-refractivity contribution is 5.66. The van der Waals surface area contributed by atoms with Crippen LogP contribution >= 0.6 is 0 Å². The first-order valence-electron chi connectivity index (χ1n) is 5.60. The highest BCUT2D eigenvalue weighted by atomic mass is 16.4. The van der Waals surface area contributed by atoms with Gasteiger partial charge in [-0.3, -0.25) is 0 Å². The zero-order chi connectivity index (χ0) is 11.6. The third kappa shape index (κ3) is 3.09. The molecule has 1 aliphatic carbocycles. The van der Waals surface area contributed by atoms with Crippen molar-refractivity contribution in [1.82, 2.24) is 4.90 Å². The van der Waals surface area contributed by atoms with Crippen molar-refractivity contribution in [1.29, 1.82) is 0 Å². The van der Waals surface area contributed by atoms with Crippen molar-refractivity contribution in [3.8, 4) is 0 Å². The zero-order valence-corrected chi connectivity index (χ0v) is 9.86. The minimum absolute atomic E-state index is 0.141. The zero-order valence-electron chi connectivity index (χ0n) is 9.86. The normalized spacial score (nSPS) is 27.5. The molecule has 0 unspecified atom stereocenters. The molecule has 0 radical (unpaired) electrons. The van der Waals surface area contributed by atoms with Gasteiger partial charge in [0.25, 0.3) is 0 Å². The standard InChI is InChI=1S/C11H22N2O2/c1-11(2,3)13(10(14)15)9-6-4-8(12)5-7-9/h8-9H,4-7,12H2,1-3H3,(H,14,15)/t8-,9-. The molecule has 0 aromatic rings. The number of carboxylic acid groups (broad SMARTS) is 1. The Hall–Kier alpha value is -0.770. The fourth-order valence-electron chi connectivity index (χ4n) is 2.35. The van der Waals surface area contributed by atoms with Gasteiger partial charge in [0.1, 0.15) is 0 Å². The Morgan fingerprint density at radius 3 is 2.07 bits per heavy atom. The van der Waals surface area contributed by atoms with E-state index in [0.29, 0.717) is 0 Å². The second-order valence-corrected chi connectivity index (χ2v) is 5.39. The predicted octanol–water partition coefficient (Wildman–Crippen LogP) is 2.03. The van der Waals surface area contributed by atoms with Crippen LogP contribution in [0.3, 0.4) is 0 Å². The molecule has 4 nitrogen and oxygen atoms in total. The Bertz CT molecular complexity index is 227. The molecular weight excluding hydrogens is 192 g/mol. The summed E-state index contributed by atoms with van der Waals surface area (Å²) in [5.41, 5.74) is 5.49. The molecule has 0 spiro atoms. The minimum Gasteiger partial charge on any atom is -0.465 e. The van der Waals surface area contributed by atoms with Crippen molar-refractivity contribution in [2.45, 2.75) is 64.1 Å². The average molecular weight is 214 g/mol. The van der Waals surface area contributed by atoms with Crippen LogP contribution in [0.15, 0.2) is 0 Å². The van der Waals surface area contributed by atoms with E-state index in [0.717, 1.165) is 25.7 Å². The van der Waals surface area contributed by atoms with Gasteiger partial charge in [-0.05, 0) is 46.5 Å². The lowest BCUT2D eigenvalue weighted by molar-refractivity contribution is 0.0549. The van der Waals surface area contributed by atoms with Gasteiger partial charge in [-0.15, -0.1) is 0 Å². The first kappa shape index (κ1) is 12.3. The maximum absolute atomic E-state index is 11.2. The van der Waals surface area contributed by atoms with Gasteiger partial charge in [-0.25, -0.2) is 4.79 Å². The fraction of sp³-hybridized carbons (Fsp3) is 0.909. The summed E-state index contributed by atoms with van der Waals surface area (Å²) in [6.45, 7) is 5.82. The van der Waals surface area contributed by atoms with Gasteiger partial charge in [-0.2, -0.15) is 0 Å². The van der Waals surface area contributed by atoms with Gasteiger partial charge in [0.15, 0.2) is 0 Å². The molecule has 0 bridgehead atoms. The maximum Gasteiger partial charge on any atom is 0.407 e. The second-order valence-electron chi connectivity index (χ2n) is 5.39. The molecule has 0 heterocycles. The monoisotopic (exact) mass is 214 g/mol. The summed E-state index contributed by atoms with van der Waals surface area (Å²) >= 11 is 0. The number of amides is 1. The number of carbonyl (C=O) groups is 1. The topological polar surface area (TPSA) is 66.6 Å². The lowest BCUT2D eigenvalue weighted by Gasteiger charge is -2.42. The van der Waals surface area contributed by atoms with E-state index in [-0.39, 0.29) is 17.6 Å². The number of nitrogens with zero attached hydrogens (tertiary/aromatic N) is 1. The quantitative estimate of drug-likeness (QED) is 0.702. The SMILES string of the molecule is CC(C)(C)N(C(=O)O)[C@H]1CC[C@H](N)CC1. The van der Waals surface area contributed by atoms with Gasteiger partial charge in [0.2, 0.25) is 0 Å². The van der Waals surface area contributed by atoms with Gasteiger partial charge >= 0.3 is 6.09 Å². The lowest BCUT2D eigenvalue weighted by atomic mass is 9.88. The van der Waals surface area contributed by atoms with Gasteiger partial charge in [-0.1, -0.05) is 0 Å². The average Bonchev–Trinajstić information content (AvgIpc) is 2.05. The van der Waals surface area contributed by atoms with E-state index in [4.69, 9.17) is 5.73 Å². The van der Waals surface area contributed by atoms with E-state index in [2.05, 4.69) is 0 Å². The molecule has 1 fully saturated rings. The van der Waals surface area contributed by atoms with Crippen LogP contribution < -0.4 is 5.73 Å². The number of nitrogens with two attached hydrogens (primary N) is 1. The number of rotatable bonds is 1. The first-order valence-corrected chi connectivity index (χ1v) is 5.60. The van der Waals surface area contributed by atoms with Crippen molar-refractivity contribution in [3.63, 3.8) is 0 Å². The van der Waals surface area contributed by atoms with Gasteiger partial charge in [0.05, 0.1) is 0 Å². The molecule has 88 valence electrons. The fourth-order valence-corrected chi connectivity index (χ4v) is 2.35. The molecule has 4 heteroatoms. The third-order valence-electron chi connectivity index (χ3n) is 3.04. The first-order chi connectivity index (χ1) is 6.82. The molecule has 0 atom stereocenters. The second kappa shape index (κ2) is 4.39. The van der Waals surface area contributed by atoms with E-state index in [1.807, 2.05) is 20.8 Å². The summed E-state index contributed by atoms with van der Waals surface area (Å²) in [6, 6.07) is 0.402. The molecular formula is C11H22N2O2. The third-order valence-corrected chi connectivity index (χ3v) is 3.04. The largest absolute Gasteiger partial charge is 0.465 e. The van der Waals surface area contributed by atoms with E-state index in [1.54, 1.807) is 4.90 Å². The van der Waals surface area contributed by atoms with Crippen molar-refractivity contribution in [3.05, 3.63) is 0 Å². The molecule has 1 aliphatic rings. The lowest BCUT2D eigenvalue weighted by Crippen LogP contribution is -2.52. The number of hydrogen-bond donors (Lipinski definition) is 2. The van der Waals surface area contributed by atoms with E-state index in [9.17, 15) is 9.90 Å². The molecule has 0 saturated heterocycles. The van der Waals surface area contributed by atoms with Crippen LogP contribution in [0.4, 0.5) is 4.79 Å². The Labute approximate surface area is 91.4 Å². The molecule has 0 aromatic carbocycles. The van der Waals surface area contributed by atoms with Crippen LogP contribution in [0, 0.1) is 0 Å². The summed E-state index contributed by atoms with van der Waals surface area (Å²) in [6.07, 6.45) is 2.84. The van der Waals surface area contributed by atoms with Crippen LogP contribution in [-0.4, -0.2) is 33.7 Å². The van der Waals surface area contributed by atoms with Gasteiger partial charge in [0, 0.05) is 17.6 Å². The van der Waals surface area contributed by atoms with Crippen LogP contribution in [0.5, 0.6) is 0 Å². The summed E-state index contributed by atoms with van der Waals surface area (Å²) in [5, 5.41) is 9.22. The van der Waals surface area contributed by atoms with E-state index >= 15 is 0 Å². The van der Waals surface area contributed by atoms with Gasteiger partial charge < -0.3 is 15.7 Å². The van der Waals surface area contributed by atoms with Crippen LogP contribution in [0.25, 0.3) is 0 Å². The van der Waals surface area contributed by atoms with E-state index in [1.165, 1.54) is 0 Å². The molecule has 0 aromatic heterocycles. The highest BCUT2D eigenvalue weighted by Crippen LogP contribution is 2.27. The highest BCUT2D eigenvalue weighted by Gasteiger charge is 2.34. The van der Waals surface area contributed by atoms with Crippen molar-refractivity contribution in [2.24, 2.45) is 5.73 Å². The molecule has 15 heavy (non-hydrogen) atoms. The summed E-state index contributed by atoms with van der Waals surface area (Å²) in [7, 11) is 0. The Morgan fingerprint density at radius 1 is 1.27 bits per heavy atom. The Balaban J connectivity index is 2.69. The van der Waals surface area contributed by atoms with Crippen LogP contribution in [0.1, 0.15) is 46.5 Å². The van der Waals surface area contributed by atoms with Crippen LogP contribution in [0.2, 0.25) is 0 Å². The summed E-state index contributed by atoms with van der Waals surface area (Å²) < 4.78 is 0. The molecule has 1 amide bonds. The molecule has 1 rings (SSSR count). The predicted molar refractivity (Wildman–Crippen MR) is 59.8 cm³/mol. The van der Waals surface area contributed by atoms with Crippen molar-refractivity contribution in [2.75, 3.05) is 0 Å².